The fourth-order valence-electron chi connectivity index (χ4n) is 2.24. The Morgan fingerprint density at radius 1 is 0.944 bits per heavy atom. The molecule has 1 fully saturated rings. The third-order valence-corrected chi connectivity index (χ3v) is 3.09. The molecule has 0 amide bonds. The van der Waals surface area contributed by atoms with Crippen LogP contribution >= 0.6 is 0 Å². The van der Waals surface area contributed by atoms with Crippen LogP contribution in [-0.2, 0) is 5.54 Å². The van der Waals surface area contributed by atoms with E-state index in [1.165, 1.54) is 29.7 Å². The van der Waals surface area contributed by atoms with Gasteiger partial charge in [-0.15, -0.1) is 0 Å². The number of nitrogens with one attached hydrogen (secondary N) is 1. The van der Waals surface area contributed by atoms with E-state index in [1.54, 1.807) is 0 Å². The minimum absolute atomic E-state index is 0. The molecular formula is C15H27ClN2. The molecule has 0 bridgehead atoms. The highest BCUT2D eigenvalue weighted by molar-refractivity contribution is 5.24. The Bertz CT molecular complexity index is 303. The summed E-state index contributed by atoms with van der Waals surface area (Å²) in [6.07, 6.45) is 6.22. The number of halogens is 1. The molecule has 2 nitrogen and oxygen atoms in total. The van der Waals surface area contributed by atoms with Crippen LogP contribution in [0, 0.1) is 0 Å². The van der Waals surface area contributed by atoms with E-state index in [0.717, 1.165) is 12.8 Å². The van der Waals surface area contributed by atoms with Gasteiger partial charge in [-0.25, -0.2) is 0 Å². The van der Waals surface area contributed by atoms with Crippen molar-refractivity contribution in [2.45, 2.75) is 37.6 Å². The summed E-state index contributed by atoms with van der Waals surface area (Å²) in [5, 5.41) is 0. The number of hydrogen-bond donors (Lipinski definition) is 2. The minimum atomic E-state index is -0.0283. The third kappa shape index (κ3) is 5.85. The highest BCUT2D eigenvalue weighted by Gasteiger charge is 2.28. The lowest BCUT2D eigenvalue weighted by molar-refractivity contribution is -0.836. The standard InChI is InChI=1S/C12H17N.C3H9N.ClH/c13-12(9-5-2-6-10-12)11-7-3-1-4-8-11;1-4(2)3;/h1,3-4,7-8H,2,5-6,9-10,13H2;1-3H3;1H. The van der Waals surface area contributed by atoms with Crippen LogP contribution in [0.25, 0.3) is 0 Å². The fourth-order valence-corrected chi connectivity index (χ4v) is 2.24. The summed E-state index contributed by atoms with van der Waals surface area (Å²) in [5.41, 5.74) is 7.67. The first-order valence-corrected chi connectivity index (χ1v) is 6.66. The molecule has 104 valence electrons. The van der Waals surface area contributed by atoms with Gasteiger partial charge in [0.15, 0.2) is 0 Å². The van der Waals surface area contributed by atoms with Gasteiger partial charge < -0.3 is 23.0 Å². The minimum Gasteiger partial charge on any atom is -1.00 e. The molecule has 2 rings (SSSR count). The molecule has 1 saturated carbocycles. The third-order valence-electron chi connectivity index (χ3n) is 3.09. The van der Waals surface area contributed by atoms with Crippen LogP contribution in [0.2, 0.25) is 0 Å². The van der Waals surface area contributed by atoms with E-state index in [-0.39, 0.29) is 17.9 Å². The summed E-state index contributed by atoms with van der Waals surface area (Å²) >= 11 is 0. The maximum Gasteiger partial charge on any atom is 0.0661 e. The van der Waals surface area contributed by atoms with E-state index in [2.05, 4.69) is 51.5 Å². The van der Waals surface area contributed by atoms with E-state index < -0.39 is 0 Å². The first-order chi connectivity index (χ1) is 8.04. The van der Waals surface area contributed by atoms with Gasteiger partial charge in [0.1, 0.15) is 0 Å². The Morgan fingerprint density at radius 3 is 1.83 bits per heavy atom. The molecule has 1 aromatic carbocycles. The first-order valence-electron chi connectivity index (χ1n) is 6.66. The normalized spacial score (nSPS) is 17.4. The SMILES string of the molecule is C[NH+](C)C.NC1(c2ccccc2)CCCCC1.[Cl-]. The van der Waals surface area contributed by atoms with Crippen molar-refractivity contribution < 1.29 is 17.3 Å². The largest absolute Gasteiger partial charge is 1.00 e. The average molecular weight is 271 g/mol. The van der Waals surface area contributed by atoms with Crippen LogP contribution in [-0.4, -0.2) is 21.1 Å². The van der Waals surface area contributed by atoms with Gasteiger partial charge in [0.2, 0.25) is 0 Å². The molecule has 0 atom stereocenters. The van der Waals surface area contributed by atoms with Gasteiger partial charge in [0, 0.05) is 5.54 Å². The van der Waals surface area contributed by atoms with Gasteiger partial charge in [0.05, 0.1) is 21.1 Å². The number of hydrogen-bond acceptors (Lipinski definition) is 1. The van der Waals surface area contributed by atoms with E-state index in [9.17, 15) is 0 Å². The summed E-state index contributed by atoms with van der Waals surface area (Å²) in [5.74, 6) is 0. The first kappa shape index (κ1) is 17.4. The Labute approximate surface area is 118 Å². The number of benzene rings is 1. The van der Waals surface area contributed by atoms with Crippen LogP contribution in [0.3, 0.4) is 0 Å². The summed E-state index contributed by atoms with van der Waals surface area (Å²) < 4.78 is 0. The van der Waals surface area contributed by atoms with Crippen LogP contribution < -0.4 is 23.0 Å². The molecule has 0 radical (unpaired) electrons. The van der Waals surface area contributed by atoms with Crippen molar-refractivity contribution in [2.24, 2.45) is 5.73 Å². The van der Waals surface area contributed by atoms with Crippen molar-refractivity contribution in [2.75, 3.05) is 21.1 Å². The smallest absolute Gasteiger partial charge is 0.0661 e. The van der Waals surface area contributed by atoms with Gasteiger partial charge in [-0.3, -0.25) is 0 Å². The summed E-state index contributed by atoms with van der Waals surface area (Å²) in [4.78, 5) is 1.42. The van der Waals surface area contributed by atoms with Crippen molar-refractivity contribution in [3.8, 4) is 0 Å². The fraction of sp³-hybridized carbons (Fsp3) is 0.600. The maximum atomic E-state index is 6.38. The quantitative estimate of drug-likeness (QED) is 0.644. The van der Waals surface area contributed by atoms with Crippen molar-refractivity contribution in [3.05, 3.63) is 35.9 Å². The summed E-state index contributed by atoms with van der Waals surface area (Å²) in [6, 6.07) is 10.5. The molecule has 1 aromatic rings. The predicted molar refractivity (Wildman–Crippen MR) is 74.1 cm³/mol. The van der Waals surface area contributed by atoms with E-state index in [4.69, 9.17) is 5.73 Å². The molecule has 0 aromatic heterocycles. The Kier molecular flexibility index (Phi) is 8.25. The number of nitrogens with two attached hydrogens (primary N) is 1. The second-order valence-electron chi connectivity index (χ2n) is 5.58. The number of quaternary nitrogens is 1. The van der Waals surface area contributed by atoms with Crippen LogP contribution in [0.5, 0.6) is 0 Å². The zero-order valence-corrected chi connectivity index (χ0v) is 12.6. The van der Waals surface area contributed by atoms with Crippen LogP contribution in [0.15, 0.2) is 30.3 Å². The molecule has 0 spiro atoms. The van der Waals surface area contributed by atoms with Crippen molar-refractivity contribution in [3.63, 3.8) is 0 Å². The van der Waals surface area contributed by atoms with Gasteiger partial charge >= 0.3 is 0 Å². The zero-order valence-electron chi connectivity index (χ0n) is 11.9. The molecule has 3 N–H and O–H groups in total. The molecule has 0 heterocycles. The molecule has 1 aliphatic carbocycles. The van der Waals surface area contributed by atoms with Gasteiger partial charge in [0.25, 0.3) is 0 Å². The number of rotatable bonds is 1. The van der Waals surface area contributed by atoms with Crippen LogP contribution in [0.1, 0.15) is 37.7 Å². The highest BCUT2D eigenvalue weighted by atomic mass is 35.5. The molecule has 18 heavy (non-hydrogen) atoms. The topological polar surface area (TPSA) is 30.5 Å². The maximum absolute atomic E-state index is 6.38. The van der Waals surface area contributed by atoms with Gasteiger partial charge in [-0.2, -0.15) is 0 Å². The molecule has 3 heteroatoms. The van der Waals surface area contributed by atoms with Crippen molar-refractivity contribution in [1.82, 2.24) is 0 Å². The molecule has 0 unspecified atom stereocenters. The summed E-state index contributed by atoms with van der Waals surface area (Å²) in [7, 11) is 6.25. The van der Waals surface area contributed by atoms with Gasteiger partial charge in [-0.05, 0) is 18.4 Å². The van der Waals surface area contributed by atoms with E-state index in [0.29, 0.717) is 0 Å². The predicted octanol–water partition coefficient (Wildman–Crippen LogP) is -1.43. The average Bonchev–Trinajstić information content (AvgIpc) is 2.30. The summed E-state index contributed by atoms with van der Waals surface area (Å²) in [6.45, 7) is 0. The Balaban J connectivity index is 0.000000512. The van der Waals surface area contributed by atoms with E-state index in [1.807, 2.05) is 0 Å². The van der Waals surface area contributed by atoms with Crippen molar-refractivity contribution >= 4 is 0 Å². The van der Waals surface area contributed by atoms with Crippen molar-refractivity contribution in [1.29, 1.82) is 0 Å². The lowest BCUT2D eigenvalue weighted by atomic mass is 9.77. The molecule has 0 saturated heterocycles. The lowest BCUT2D eigenvalue weighted by Crippen LogP contribution is -3.02. The second kappa shape index (κ2) is 8.52. The highest BCUT2D eigenvalue weighted by Crippen LogP contribution is 2.34. The van der Waals surface area contributed by atoms with E-state index >= 15 is 0 Å². The van der Waals surface area contributed by atoms with Gasteiger partial charge in [-0.1, -0.05) is 49.6 Å². The second-order valence-corrected chi connectivity index (χ2v) is 5.58. The Hall–Kier alpha value is -0.570. The molecular weight excluding hydrogens is 244 g/mol. The molecule has 0 aliphatic heterocycles. The lowest BCUT2D eigenvalue weighted by Gasteiger charge is -2.33. The van der Waals surface area contributed by atoms with Crippen LogP contribution in [0.4, 0.5) is 0 Å². The molecule has 1 aliphatic rings. The zero-order chi connectivity index (χ0) is 12.7. The monoisotopic (exact) mass is 270 g/mol. The Morgan fingerprint density at radius 2 is 1.39 bits per heavy atom.